The number of hydrogen-bond donors (Lipinski definition) is 1. The Bertz CT molecular complexity index is 421. The van der Waals surface area contributed by atoms with Gasteiger partial charge in [-0.2, -0.15) is 0 Å². The van der Waals surface area contributed by atoms with Crippen molar-refractivity contribution < 1.29 is 27.9 Å². The van der Waals surface area contributed by atoms with E-state index in [2.05, 4.69) is 11.9 Å². The van der Waals surface area contributed by atoms with Gasteiger partial charge in [-0.3, -0.25) is 9.36 Å². The van der Waals surface area contributed by atoms with Crippen LogP contribution in [-0.4, -0.2) is 43.9 Å². The molecule has 0 spiro atoms. The Kier molecular flexibility index (Phi) is 7.85. The quantitative estimate of drug-likeness (QED) is 0.545. The number of ketones is 1. The van der Waals surface area contributed by atoms with Crippen LogP contribution in [0.15, 0.2) is 12.7 Å². The second-order valence-electron chi connectivity index (χ2n) is 5.32. The Morgan fingerprint density at radius 3 is 2.19 bits per heavy atom. The zero-order chi connectivity index (χ0) is 16.7. The summed E-state index contributed by atoms with van der Waals surface area (Å²) in [6, 6.07) is -0.893. The summed E-state index contributed by atoms with van der Waals surface area (Å²) in [6.07, 6.45) is 0.497. The number of rotatable bonds is 8. The van der Waals surface area contributed by atoms with Crippen molar-refractivity contribution in [3.05, 3.63) is 12.7 Å². The first-order valence-corrected chi connectivity index (χ1v) is 8.13. The minimum atomic E-state index is -3.48. The minimum Gasteiger partial charge on any atom is -0.444 e. The van der Waals surface area contributed by atoms with Crippen LogP contribution in [0.25, 0.3) is 0 Å². The van der Waals surface area contributed by atoms with Crippen LogP contribution in [0.4, 0.5) is 4.79 Å². The first-order valence-electron chi connectivity index (χ1n) is 6.40. The van der Waals surface area contributed by atoms with Crippen LogP contribution in [0.5, 0.6) is 0 Å². The Morgan fingerprint density at radius 1 is 1.29 bits per heavy atom. The van der Waals surface area contributed by atoms with Crippen molar-refractivity contribution in [1.82, 2.24) is 5.32 Å². The van der Waals surface area contributed by atoms with Gasteiger partial charge in [0.2, 0.25) is 0 Å². The fraction of sp³-hybridized carbons (Fsp3) is 0.692. The predicted octanol–water partition coefficient (Wildman–Crippen LogP) is 2.51. The topological polar surface area (TPSA) is 90.9 Å². The lowest BCUT2D eigenvalue weighted by atomic mass is 10.1. The lowest BCUT2D eigenvalue weighted by Gasteiger charge is -2.23. The van der Waals surface area contributed by atoms with E-state index in [0.717, 1.165) is 0 Å². The molecule has 0 heterocycles. The van der Waals surface area contributed by atoms with Gasteiger partial charge < -0.3 is 19.1 Å². The van der Waals surface area contributed by atoms with Gasteiger partial charge in [0.05, 0.1) is 6.04 Å². The molecule has 0 aromatic heterocycles. The van der Waals surface area contributed by atoms with Crippen molar-refractivity contribution in [2.45, 2.75) is 38.8 Å². The molecule has 0 unspecified atom stereocenters. The Morgan fingerprint density at radius 2 is 1.81 bits per heavy atom. The molecule has 8 heteroatoms. The van der Waals surface area contributed by atoms with E-state index in [1.54, 1.807) is 20.8 Å². The van der Waals surface area contributed by atoms with E-state index >= 15 is 0 Å². The number of ether oxygens (including phenoxy) is 1. The maximum absolute atomic E-state index is 12.1. The minimum absolute atomic E-state index is 0.186. The number of alkyl carbamates (subject to hydrolysis) is 1. The van der Waals surface area contributed by atoms with E-state index < -0.39 is 37.3 Å². The summed E-state index contributed by atoms with van der Waals surface area (Å²) in [5.74, 6) is -0.479. The predicted molar refractivity (Wildman–Crippen MR) is 79.5 cm³/mol. The molecule has 0 saturated heterocycles. The summed E-state index contributed by atoms with van der Waals surface area (Å²) in [4.78, 5) is 23.8. The largest absolute Gasteiger partial charge is 0.444 e. The Hall–Kier alpha value is -1.17. The van der Waals surface area contributed by atoms with Crippen molar-refractivity contribution in [3.8, 4) is 0 Å². The van der Waals surface area contributed by atoms with Crippen molar-refractivity contribution in [2.24, 2.45) is 0 Å². The van der Waals surface area contributed by atoms with Crippen molar-refractivity contribution in [2.75, 3.05) is 20.4 Å². The number of nitrogens with one attached hydrogen (secondary N) is 1. The van der Waals surface area contributed by atoms with Gasteiger partial charge in [-0.05, 0) is 27.2 Å². The lowest BCUT2D eigenvalue weighted by molar-refractivity contribution is -0.118. The molecule has 1 amide bonds. The molecule has 0 aliphatic rings. The third kappa shape index (κ3) is 7.99. The van der Waals surface area contributed by atoms with Crippen LogP contribution in [0.2, 0.25) is 0 Å². The summed E-state index contributed by atoms with van der Waals surface area (Å²) in [6.45, 7) is 8.65. The second kappa shape index (κ2) is 8.32. The Balaban J connectivity index is 4.82. The molecule has 0 rings (SSSR count). The highest BCUT2D eigenvalue weighted by Gasteiger charge is 2.31. The smallest absolute Gasteiger partial charge is 0.408 e. The number of Topliss-reactive ketones (excluding diaryl/α,β-unsaturated/α-hetero) is 1. The van der Waals surface area contributed by atoms with E-state index in [0.29, 0.717) is 0 Å². The fourth-order valence-electron chi connectivity index (χ4n) is 1.39. The molecule has 1 atom stereocenters. The van der Waals surface area contributed by atoms with Crippen LogP contribution in [0, 0.1) is 0 Å². The normalized spacial score (nSPS) is 13.4. The van der Waals surface area contributed by atoms with Gasteiger partial charge in [-0.1, -0.05) is 6.08 Å². The molecule has 21 heavy (non-hydrogen) atoms. The summed E-state index contributed by atoms with van der Waals surface area (Å²) >= 11 is 0. The van der Waals surface area contributed by atoms with Crippen molar-refractivity contribution >= 4 is 19.5 Å². The molecule has 122 valence electrons. The average Bonchev–Trinajstić information content (AvgIpc) is 2.35. The maximum atomic E-state index is 12.1. The molecule has 0 bridgehead atoms. The highest BCUT2D eigenvalue weighted by Crippen LogP contribution is 2.46. The van der Waals surface area contributed by atoms with E-state index in [4.69, 9.17) is 13.8 Å². The highest BCUT2D eigenvalue weighted by molar-refractivity contribution is 7.54. The van der Waals surface area contributed by atoms with Crippen LogP contribution >= 0.6 is 7.60 Å². The molecule has 0 aromatic carbocycles. The molecule has 7 nitrogen and oxygen atoms in total. The van der Waals surface area contributed by atoms with E-state index in [1.807, 2.05) is 0 Å². The zero-order valence-corrected chi connectivity index (χ0v) is 14.1. The van der Waals surface area contributed by atoms with Crippen LogP contribution in [0.1, 0.15) is 27.2 Å². The SMILES string of the molecule is C=CC[C@H](NC(=O)OC(C)(C)C)C(=O)CP(=O)(OC)OC. The Labute approximate surface area is 125 Å². The summed E-state index contributed by atoms with van der Waals surface area (Å²) < 4.78 is 26.5. The lowest BCUT2D eigenvalue weighted by Crippen LogP contribution is -2.44. The number of amides is 1. The third-order valence-corrected chi connectivity index (χ3v) is 4.20. The summed E-state index contributed by atoms with van der Waals surface area (Å²) in [5, 5.41) is 2.43. The number of hydrogen-bond acceptors (Lipinski definition) is 6. The summed E-state index contributed by atoms with van der Waals surface area (Å²) in [5.41, 5.74) is -0.680. The van der Waals surface area contributed by atoms with E-state index in [-0.39, 0.29) is 6.42 Å². The first-order chi connectivity index (χ1) is 9.56. The van der Waals surface area contributed by atoms with E-state index in [9.17, 15) is 14.2 Å². The van der Waals surface area contributed by atoms with E-state index in [1.165, 1.54) is 20.3 Å². The molecule has 0 aliphatic heterocycles. The first kappa shape index (κ1) is 19.8. The van der Waals surface area contributed by atoms with Gasteiger partial charge >= 0.3 is 13.7 Å². The van der Waals surface area contributed by atoms with Gasteiger partial charge in [-0.15, -0.1) is 6.58 Å². The third-order valence-electron chi connectivity index (χ3n) is 2.39. The van der Waals surface area contributed by atoms with Gasteiger partial charge in [-0.25, -0.2) is 4.79 Å². The van der Waals surface area contributed by atoms with Crippen molar-refractivity contribution in [3.63, 3.8) is 0 Å². The molecule has 0 fully saturated rings. The zero-order valence-electron chi connectivity index (χ0n) is 13.2. The molecule has 0 saturated carbocycles. The monoisotopic (exact) mass is 321 g/mol. The van der Waals surface area contributed by atoms with Crippen LogP contribution < -0.4 is 5.32 Å². The van der Waals surface area contributed by atoms with Gasteiger partial charge in [0.25, 0.3) is 0 Å². The molecule has 0 aromatic rings. The standard InChI is InChI=1S/C13H24NO6P/c1-7-8-10(14-12(16)20-13(2,3)4)11(15)9-21(17,18-5)19-6/h7,10H,1,8-9H2,2-6H3,(H,14,16)/t10-/m0/s1. The maximum Gasteiger partial charge on any atom is 0.408 e. The fourth-order valence-corrected chi connectivity index (χ4v) is 2.40. The second-order valence-corrected chi connectivity index (χ2v) is 7.59. The van der Waals surface area contributed by atoms with Crippen LogP contribution in [-0.2, 0) is 23.1 Å². The highest BCUT2D eigenvalue weighted by atomic mass is 31.2. The molecular formula is C13H24NO6P. The molecule has 1 N–H and O–H groups in total. The average molecular weight is 321 g/mol. The summed E-state index contributed by atoms with van der Waals surface area (Å²) in [7, 11) is -1.08. The van der Waals surface area contributed by atoms with Gasteiger partial charge in [0.15, 0.2) is 5.78 Å². The van der Waals surface area contributed by atoms with Crippen molar-refractivity contribution in [1.29, 1.82) is 0 Å². The molecular weight excluding hydrogens is 297 g/mol. The molecule has 0 radical (unpaired) electrons. The molecule has 0 aliphatic carbocycles. The van der Waals surface area contributed by atoms with Crippen LogP contribution in [0.3, 0.4) is 0 Å². The number of carbonyl (C=O) groups excluding carboxylic acids is 2. The van der Waals surface area contributed by atoms with Gasteiger partial charge in [0.1, 0.15) is 11.8 Å². The van der Waals surface area contributed by atoms with Gasteiger partial charge in [0, 0.05) is 14.2 Å². The number of carbonyl (C=O) groups is 2.